The predicted molar refractivity (Wildman–Crippen MR) is 93.4 cm³/mol. The normalized spacial score (nSPS) is 11.0. The van der Waals surface area contributed by atoms with Crippen LogP contribution in [0.2, 0.25) is 10.0 Å². The quantitative estimate of drug-likeness (QED) is 0.708. The Balaban J connectivity index is 2.01. The second-order valence-electron chi connectivity index (χ2n) is 4.83. The molecule has 21 heavy (non-hydrogen) atoms. The van der Waals surface area contributed by atoms with Gasteiger partial charge in [0.2, 0.25) is 0 Å². The summed E-state index contributed by atoms with van der Waals surface area (Å²) in [5.41, 5.74) is 8.74. The van der Waals surface area contributed by atoms with Crippen LogP contribution in [0, 0.1) is 0 Å². The Morgan fingerprint density at radius 2 is 1.86 bits per heavy atom. The van der Waals surface area contributed by atoms with E-state index in [1.165, 1.54) is 0 Å². The van der Waals surface area contributed by atoms with Crippen LogP contribution in [0.3, 0.4) is 0 Å². The van der Waals surface area contributed by atoms with E-state index in [0.717, 1.165) is 22.0 Å². The van der Waals surface area contributed by atoms with Gasteiger partial charge in [0.15, 0.2) is 0 Å². The highest BCUT2D eigenvalue weighted by Gasteiger charge is 2.06. The van der Waals surface area contributed by atoms with Crippen molar-refractivity contribution in [3.8, 4) is 0 Å². The first kappa shape index (κ1) is 14.4. The molecule has 0 radical (unpaired) electrons. The molecule has 0 spiro atoms. The van der Waals surface area contributed by atoms with E-state index in [2.05, 4.69) is 10.6 Å². The minimum absolute atomic E-state index is 0.402. The number of halogens is 2. The third-order valence-electron chi connectivity index (χ3n) is 3.40. The summed E-state index contributed by atoms with van der Waals surface area (Å²) in [6, 6.07) is 13.7. The van der Waals surface area contributed by atoms with Gasteiger partial charge in [-0.2, -0.15) is 0 Å². The van der Waals surface area contributed by atoms with E-state index in [9.17, 15) is 0 Å². The lowest BCUT2D eigenvalue weighted by Crippen LogP contribution is -2.09. The zero-order chi connectivity index (χ0) is 15.0. The lowest BCUT2D eigenvalue weighted by atomic mass is 10.1. The van der Waals surface area contributed by atoms with Crippen LogP contribution in [0.5, 0.6) is 0 Å². The van der Waals surface area contributed by atoms with Crippen LogP contribution in [0.25, 0.3) is 10.9 Å². The van der Waals surface area contributed by atoms with Gasteiger partial charge in [-0.1, -0.05) is 53.6 Å². The van der Waals surface area contributed by atoms with Crippen molar-refractivity contribution < 1.29 is 0 Å². The number of nitrogens with two attached hydrogens (primary N) is 1. The molecule has 2 N–H and O–H groups in total. The summed E-state index contributed by atoms with van der Waals surface area (Å²) in [4.78, 5) is 0.402. The molecular formula is C16H12Cl2N2S. The Kier molecular flexibility index (Phi) is 3.89. The van der Waals surface area contributed by atoms with E-state index in [1.807, 2.05) is 42.6 Å². The third kappa shape index (κ3) is 2.91. The van der Waals surface area contributed by atoms with Gasteiger partial charge in [-0.3, -0.25) is 0 Å². The smallest absolute Gasteiger partial charge is 0.104 e. The van der Waals surface area contributed by atoms with Crippen molar-refractivity contribution >= 4 is 51.3 Å². The summed E-state index contributed by atoms with van der Waals surface area (Å²) < 4.78 is 2.14. The van der Waals surface area contributed by atoms with Crippen LogP contribution < -0.4 is 5.73 Å². The topological polar surface area (TPSA) is 30.9 Å². The van der Waals surface area contributed by atoms with Crippen LogP contribution in [0.4, 0.5) is 0 Å². The van der Waals surface area contributed by atoms with Gasteiger partial charge in [-0.15, -0.1) is 0 Å². The summed E-state index contributed by atoms with van der Waals surface area (Å²) in [6.07, 6.45) is 2.04. The molecule has 0 atom stereocenters. The average molecular weight is 335 g/mol. The van der Waals surface area contributed by atoms with Crippen molar-refractivity contribution in [2.75, 3.05) is 0 Å². The van der Waals surface area contributed by atoms with E-state index >= 15 is 0 Å². The number of thiocarbonyl (C=S) groups is 1. The SMILES string of the molecule is NC(=S)c1ccc2ccn(Cc3ccc(Cl)c(Cl)c3)c2c1. The number of hydrogen-bond acceptors (Lipinski definition) is 1. The highest BCUT2D eigenvalue weighted by Crippen LogP contribution is 2.24. The van der Waals surface area contributed by atoms with Gasteiger partial charge in [-0.05, 0) is 35.2 Å². The molecule has 3 aromatic rings. The van der Waals surface area contributed by atoms with Gasteiger partial charge in [-0.25, -0.2) is 0 Å². The molecule has 3 rings (SSSR count). The number of nitrogens with zero attached hydrogens (tertiary/aromatic N) is 1. The fraction of sp³-hybridized carbons (Fsp3) is 0.0625. The maximum absolute atomic E-state index is 6.06. The van der Waals surface area contributed by atoms with Crippen LogP contribution in [-0.2, 0) is 6.54 Å². The summed E-state index contributed by atoms with van der Waals surface area (Å²) in [5, 5.41) is 2.28. The van der Waals surface area contributed by atoms with Crippen molar-refractivity contribution in [3.05, 3.63) is 69.8 Å². The molecular weight excluding hydrogens is 323 g/mol. The molecule has 0 saturated heterocycles. The first-order valence-electron chi connectivity index (χ1n) is 6.37. The van der Waals surface area contributed by atoms with Gasteiger partial charge in [0.1, 0.15) is 4.99 Å². The molecule has 0 bridgehead atoms. The molecule has 0 saturated carbocycles. The molecule has 0 aliphatic carbocycles. The van der Waals surface area contributed by atoms with Crippen LogP contribution in [0.1, 0.15) is 11.1 Å². The van der Waals surface area contributed by atoms with Crippen molar-refractivity contribution in [1.82, 2.24) is 4.57 Å². The standard InChI is InChI=1S/C16H12Cl2N2S/c17-13-4-1-10(7-14(13)18)9-20-6-5-11-2-3-12(16(19)21)8-15(11)20/h1-8H,9H2,(H2,19,21). The summed E-state index contributed by atoms with van der Waals surface area (Å²) in [6.45, 7) is 0.709. The van der Waals surface area contributed by atoms with E-state index in [0.29, 0.717) is 21.6 Å². The van der Waals surface area contributed by atoms with Crippen molar-refractivity contribution in [2.24, 2.45) is 5.73 Å². The zero-order valence-corrected chi connectivity index (χ0v) is 13.3. The Morgan fingerprint density at radius 1 is 1.05 bits per heavy atom. The summed E-state index contributed by atoms with van der Waals surface area (Å²) in [5.74, 6) is 0. The molecule has 0 fully saturated rings. The van der Waals surface area contributed by atoms with Crippen LogP contribution in [-0.4, -0.2) is 9.56 Å². The Bertz CT molecular complexity index is 839. The number of benzene rings is 2. The Hall–Kier alpha value is -1.55. The molecule has 0 unspecified atom stereocenters. The molecule has 2 aromatic carbocycles. The molecule has 0 aliphatic heterocycles. The largest absolute Gasteiger partial charge is 0.389 e. The highest BCUT2D eigenvalue weighted by atomic mass is 35.5. The van der Waals surface area contributed by atoms with Crippen molar-refractivity contribution in [2.45, 2.75) is 6.54 Å². The van der Waals surface area contributed by atoms with Crippen LogP contribution >= 0.6 is 35.4 Å². The van der Waals surface area contributed by atoms with E-state index in [4.69, 9.17) is 41.2 Å². The van der Waals surface area contributed by atoms with Crippen molar-refractivity contribution in [3.63, 3.8) is 0 Å². The second-order valence-corrected chi connectivity index (χ2v) is 6.08. The van der Waals surface area contributed by atoms with E-state index in [-0.39, 0.29) is 0 Å². The zero-order valence-electron chi connectivity index (χ0n) is 11.0. The van der Waals surface area contributed by atoms with E-state index in [1.54, 1.807) is 0 Å². The van der Waals surface area contributed by atoms with Crippen molar-refractivity contribution in [1.29, 1.82) is 0 Å². The number of hydrogen-bond donors (Lipinski definition) is 1. The number of rotatable bonds is 3. The molecule has 0 aliphatic rings. The molecule has 0 amide bonds. The van der Waals surface area contributed by atoms with Gasteiger partial charge in [0.25, 0.3) is 0 Å². The van der Waals surface area contributed by atoms with Gasteiger partial charge >= 0.3 is 0 Å². The highest BCUT2D eigenvalue weighted by molar-refractivity contribution is 7.80. The number of fused-ring (bicyclic) bond motifs is 1. The maximum Gasteiger partial charge on any atom is 0.104 e. The molecule has 5 heteroatoms. The monoisotopic (exact) mass is 334 g/mol. The van der Waals surface area contributed by atoms with Gasteiger partial charge < -0.3 is 10.3 Å². The lowest BCUT2D eigenvalue weighted by molar-refractivity contribution is 0.837. The Morgan fingerprint density at radius 3 is 2.57 bits per heavy atom. The number of aromatic nitrogens is 1. The molecule has 106 valence electrons. The predicted octanol–water partition coefficient (Wildman–Crippen LogP) is 4.63. The Labute approximate surface area is 138 Å². The van der Waals surface area contributed by atoms with Gasteiger partial charge in [0.05, 0.1) is 10.0 Å². The molecule has 1 aromatic heterocycles. The first-order chi connectivity index (χ1) is 10.0. The van der Waals surface area contributed by atoms with Gasteiger partial charge in [0, 0.05) is 23.8 Å². The average Bonchev–Trinajstić information content (AvgIpc) is 2.85. The maximum atomic E-state index is 6.06. The fourth-order valence-electron chi connectivity index (χ4n) is 2.31. The molecule has 1 heterocycles. The third-order valence-corrected chi connectivity index (χ3v) is 4.37. The fourth-order valence-corrected chi connectivity index (χ4v) is 2.76. The second kappa shape index (κ2) is 5.68. The minimum Gasteiger partial charge on any atom is -0.389 e. The lowest BCUT2D eigenvalue weighted by Gasteiger charge is -2.08. The first-order valence-corrected chi connectivity index (χ1v) is 7.53. The summed E-state index contributed by atoms with van der Waals surface area (Å²) >= 11 is 17.1. The minimum atomic E-state index is 0.402. The van der Waals surface area contributed by atoms with E-state index < -0.39 is 0 Å². The van der Waals surface area contributed by atoms with Crippen LogP contribution in [0.15, 0.2) is 48.7 Å². The summed E-state index contributed by atoms with van der Waals surface area (Å²) in [7, 11) is 0. The molecule has 2 nitrogen and oxygen atoms in total.